The Hall–Kier alpha value is -1.07. The topological polar surface area (TPSA) is 35.0 Å². The molecule has 0 fully saturated rings. The van der Waals surface area contributed by atoms with E-state index in [0.29, 0.717) is 11.1 Å². The van der Waals surface area contributed by atoms with Crippen molar-refractivity contribution in [2.75, 3.05) is 6.26 Å². The molecule has 1 aromatic carbocycles. The number of rotatable bonds is 4. The molecule has 2 aromatic rings. The van der Waals surface area contributed by atoms with Gasteiger partial charge in [-0.3, -0.25) is 0 Å². The molecule has 5 heteroatoms. The summed E-state index contributed by atoms with van der Waals surface area (Å²) in [6, 6.07) is 7.96. The Morgan fingerprint density at radius 3 is 2.47 bits per heavy atom. The van der Waals surface area contributed by atoms with E-state index in [1.54, 1.807) is 11.8 Å². The molecule has 0 amide bonds. The van der Waals surface area contributed by atoms with E-state index in [9.17, 15) is 0 Å². The molecule has 1 aromatic heterocycles. The maximum absolute atomic E-state index is 5.64. The maximum Gasteiger partial charge on any atom is 0.298 e. The number of hydrogen-bond acceptors (Lipinski definition) is 5. The zero-order valence-electron chi connectivity index (χ0n) is 10.0. The minimum absolute atomic E-state index is 0.336. The van der Waals surface area contributed by atoms with Gasteiger partial charge in [0, 0.05) is 22.3 Å². The van der Waals surface area contributed by atoms with Gasteiger partial charge in [0.2, 0.25) is 0 Å². The third-order valence-electron chi connectivity index (χ3n) is 2.20. The Balaban J connectivity index is 2.08. The van der Waals surface area contributed by atoms with E-state index in [2.05, 4.69) is 29.5 Å². The van der Waals surface area contributed by atoms with Gasteiger partial charge < -0.3 is 4.74 Å². The molecule has 0 atom stereocenters. The summed E-state index contributed by atoms with van der Waals surface area (Å²) in [6.07, 6.45) is 2.05. The lowest BCUT2D eigenvalue weighted by Gasteiger charge is -2.01. The van der Waals surface area contributed by atoms with Gasteiger partial charge in [-0.05, 0) is 30.5 Å². The average molecular weight is 266 g/mol. The van der Waals surface area contributed by atoms with Gasteiger partial charge in [-0.1, -0.05) is 13.8 Å². The molecule has 3 nitrogen and oxygen atoms in total. The van der Waals surface area contributed by atoms with Gasteiger partial charge in [-0.15, -0.1) is 11.8 Å². The summed E-state index contributed by atoms with van der Waals surface area (Å²) < 4.78 is 9.89. The second-order valence-corrected chi connectivity index (χ2v) is 5.44. The van der Waals surface area contributed by atoms with Crippen molar-refractivity contribution in [2.45, 2.75) is 24.7 Å². The molecule has 90 valence electrons. The van der Waals surface area contributed by atoms with Gasteiger partial charge in [0.1, 0.15) is 11.6 Å². The molecule has 0 unspecified atom stereocenters. The zero-order valence-corrected chi connectivity index (χ0v) is 11.6. The lowest BCUT2D eigenvalue weighted by molar-refractivity contribution is 0.475. The van der Waals surface area contributed by atoms with Crippen LogP contribution in [0.5, 0.6) is 10.9 Å². The minimum atomic E-state index is 0.336. The number of aromatic nitrogens is 2. The fraction of sp³-hybridized carbons (Fsp3) is 0.333. The first kappa shape index (κ1) is 12.4. The van der Waals surface area contributed by atoms with Gasteiger partial charge in [-0.2, -0.15) is 9.36 Å². The van der Waals surface area contributed by atoms with Crippen molar-refractivity contribution in [3.63, 3.8) is 0 Å². The van der Waals surface area contributed by atoms with Crippen LogP contribution in [0.2, 0.25) is 0 Å². The molecular weight excluding hydrogens is 252 g/mol. The maximum atomic E-state index is 5.64. The highest BCUT2D eigenvalue weighted by atomic mass is 32.2. The van der Waals surface area contributed by atoms with Crippen LogP contribution in [0.25, 0.3) is 0 Å². The van der Waals surface area contributed by atoms with E-state index >= 15 is 0 Å². The highest BCUT2D eigenvalue weighted by molar-refractivity contribution is 7.98. The van der Waals surface area contributed by atoms with E-state index in [4.69, 9.17) is 4.74 Å². The van der Waals surface area contributed by atoms with Gasteiger partial charge in [0.25, 0.3) is 5.19 Å². The van der Waals surface area contributed by atoms with Crippen LogP contribution in [-0.2, 0) is 0 Å². The minimum Gasteiger partial charge on any atom is -0.430 e. The first-order chi connectivity index (χ1) is 8.19. The summed E-state index contributed by atoms with van der Waals surface area (Å²) in [5.74, 6) is 1.97. The van der Waals surface area contributed by atoms with E-state index in [0.717, 1.165) is 11.6 Å². The molecule has 17 heavy (non-hydrogen) atoms. The van der Waals surface area contributed by atoms with Crippen molar-refractivity contribution in [3.05, 3.63) is 30.1 Å². The number of benzene rings is 1. The highest BCUT2D eigenvalue weighted by Crippen LogP contribution is 2.26. The first-order valence-corrected chi connectivity index (χ1v) is 7.34. The van der Waals surface area contributed by atoms with Gasteiger partial charge in [0.15, 0.2) is 0 Å². The summed E-state index contributed by atoms with van der Waals surface area (Å²) in [7, 11) is 0. The fourth-order valence-corrected chi connectivity index (χ4v) is 2.34. The van der Waals surface area contributed by atoms with Crippen LogP contribution >= 0.6 is 23.3 Å². The Morgan fingerprint density at radius 1 is 1.24 bits per heavy atom. The van der Waals surface area contributed by atoms with E-state index in [1.165, 1.54) is 16.4 Å². The van der Waals surface area contributed by atoms with Crippen molar-refractivity contribution in [1.82, 2.24) is 9.36 Å². The van der Waals surface area contributed by atoms with Crippen molar-refractivity contribution < 1.29 is 4.74 Å². The van der Waals surface area contributed by atoms with E-state index in [-0.39, 0.29) is 0 Å². The highest BCUT2D eigenvalue weighted by Gasteiger charge is 2.09. The SMILES string of the molecule is CSc1ccc(Oc2nc(C(C)C)ns2)cc1. The Bertz CT molecular complexity index is 480. The molecular formula is C12H14N2OS2. The quantitative estimate of drug-likeness (QED) is 0.778. The van der Waals surface area contributed by atoms with E-state index in [1.807, 2.05) is 24.3 Å². The zero-order chi connectivity index (χ0) is 12.3. The van der Waals surface area contributed by atoms with Crippen molar-refractivity contribution in [1.29, 1.82) is 0 Å². The molecule has 0 aliphatic carbocycles. The summed E-state index contributed by atoms with van der Waals surface area (Å²) in [6.45, 7) is 4.14. The Morgan fingerprint density at radius 2 is 1.94 bits per heavy atom. The number of hydrogen-bond donors (Lipinski definition) is 0. The monoisotopic (exact) mass is 266 g/mol. The Labute approximate surface area is 109 Å². The largest absolute Gasteiger partial charge is 0.430 e. The predicted octanol–water partition coefficient (Wildman–Crippen LogP) is 4.18. The lowest BCUT2D eigenvalue weighted by Crippen LogP contribution is -1.90. The van der Waals surface area contributed by atoms with Crippen molar-refractivity contribution in [3.8, 4) is 10.9 Å². The van der Waals surface area contributed by atoms with E-state index < -0.39 is 0 Å². The second-order valence-electron chi connectivity index (χ2n) is 3.85. The lowest BCUT2D eigenvalue weighted by atomic mass is 10.2. The number of ether oxygens (including phenoxy) is 1. The Kier molecular flexibility index (Phi) is 4.02. The predicted molar refractivity (Wildman–Crippen MR) is 72.3 cm³/mol. The third kappa shape index (κ3) is 3.20. The molecule has 0 saturated carbocycles. The van der Waals surface area contributed by atoms with Crippen molar-refractivity contribution in [2.24, 2.45) is 0 Å². The molecule has 2 rings (SSSR count). The average Bonchev–Trinajstić information content (AvgIpc) is 2.79. The van der Waals surface area contributed by atoms with Crippen LogP contribution in [0, 0.1) is 0 Å². The summed E-state index contributed by atoms with van der Waals surface area (Å²) >= 11 is 3.01. The van der Waals surface area contributed by atoms with Crippen LogP contribution in [-0.4, -0.2) is 15.6 Å². The van der Waals surface area contributed by atoms with Gasteiger partial charge in [-0.25, -0.2) is 0 Å². The van der Waals surface area contributed by atoms with Crippen LogP contribution in [0.15, 0.2) is 29.2 Å². The third-order valence-corrected chi connectivity index (χ3v) is 3.56. The smallest absolute Gasteiger partial charge is 0.298 e. The first-order valence-electron chi connectivity index (χ1n) is 5.34. The van der Waals surface area contributed by atoms with Crippen LogP contribution in [0.4, 0.5) is 0 Å². The van der Waals surface area contributed by atoms with Gasteiger partial charge in [0.05, 0.1) is 0 Å². The number of thioether (sulfide) groups is 1. The second kappa shape index (κ2) is 5.51. The molecule has 0 aliphatic rings. The van der Waals surface area contributed by atoms with Crippen molar-refractivity contribution >= 4 is 23.3 Å². The molecule has 0 radical (unpaired) electrons. The molecule has 1 heterocycles. The fourth-order valence-electron chi connectivity index (χ4n) is 1.24. The van der Waals surface area contributed by atoms with Gasteiger partial charge >= 0.3 is 0 Å². The van der Waals surface area contributed by atoms with Crippen LogP contribution in [0.3, 0.4) is 0 Å². The summed E-state index contributed by atoms with van der Waals surface area (Å²) in [5, 5.41) is 0.602. The molecule has 0 spiro atoms. The molecule has 0 saturated heterocycles. The molecule has 0 bridgehead atoms. The summed E-state index contributed by atoms with van der Waals surface area (Å²) in [4.78, 5) is 5.55. The summed E-state index contributed by atoms with van der Waals surface area (Å²) in [5.41, 5.74) is 0. The molecule has 0 N–H and O–H groups in total. The molecule has 0 aliphatic heterocycles. The van der Waals surface area contributed by atoms with Crippen LogP contribution < -0.4 is 4.74 Å². The normalized spacial score (nSPS) is 10.8. The van der Waals surface area contributed by atoms with Crippen LogP contribution in [0.1, 0.15) is 25.6 Å². The number of nitrogens with zero attached hydrogens (tertiary/aromatic N) is 2. The standard InChI is InChI=1S/C12H14N2OS2/c1-8(2)11-13-12(17-14-11)15-9-4-6-10(16-3)7-5-9/h4-8H,1-3H3.